The highest BCUT2D eigenvalue weighted by molar-refractivity contribution is 9.10. The Bertz CT molecular complexity index is 981. The van der Waals surface area contributed by atoms with Crippen LogP contribution in [0, 0.1) is 0 Å². The van der Waals surface area contributed by atoms with E-state index < -0.39 is 0 Å². The van der Waals surface area contributed by atoms with E-state index in [1.807, 2.05) is 54.6 Å². The first-order valence-electron chi connectivity index (χ1n) is 6.98. The van der Waals surface area contributed by atoms with Crippen molar-refractivity contribution in [2.45, 2.75) is 0 Å². The van der Waals surface area contributed by atoms with Crippen LogP contribution >= 0.6 is 27.5 Å². The van der Waals surface area contributed by atoms with Crippen LogP contribution in [0.1, 0.15) is 0 Å². The summed E-state index contributed by atoms with van der Waals surface area (Å²) in [6.45, 7) is 0. The Kier molecular flexibility index (Phi) is 3.63. The van der Waals surface area contributed by atoms with Crippen molar-refractivity contribution in [1.82, 2.24) is 9.97 Å². The summed E-state index contributed by atoms with van der Waals surface area (Å²) in [5, 5.41) is 1.12. The monoisotopic (exact) mass is 384 g/mol. The van der Waals surface area contributed by atoms with E-state index in [-0.39, 0.29) is 0 Å². The number of furan rings is 1. The molecule has 0 spiro atoms. The Morgan fingerprint density at radius 2 is 1.61 bits per heavy atom. The third-order valence-corrected chi connectivity index (χ3v) is 4.43. The van der Waals surface area contributed by atoms with E-state index in [1.165, 1.54) is 6.33 Å². The lowest BCUT2D eigenvalue weighted by molar-refractivity contribution is 0.618. The second-order valence-electron chi connectivity index (χ2n) is 5.02. The topological polar surface area (TPSA) is 38.9 Å². The minimum absolute atomic E-state index is 0.390. The van der Waals surface area contributed by atoms with Gasteiger partial charge in [-0.1, -0.05) is 70.0 Å². The van der Waals surface area contributed by atoms with Crippen LogP contribution in [0.15, 0.2) is 69.8 Å². The Labute approximate surface area is 146 Å². The molecule has 0 fully saturated rings. The Balaban J connectivity index is 2.08. The minimum atomic E-state index is 0.390. The number of nitrogens with zero attached hydrogens (tertiary/aromatic N) is 2. The van der Waals surface area contributed by atoms with Gasteiger partial charge in [0.1, 0.15) is 17.2 Å². The normalized spacial score (nSPS) is 11.0. The second-order valence-corrected chi connectivity index (χ2v) is 6.30. The number of aromatic nitrogens is 2. The molecule has 0 atom stereocenters. The van der Waals surface area contributed by atoms with Crippen LogP contribution in [-0.2, 0) is 0 Å². The number of hydrogen-bond acceptors (Lipinski definition) is 3. The molecule has 4 aromatic rings. The zero-order chi connectivity index (χ0) is 15.8. The summed E-state index contributed by atoms with van der Waals surface area (Å²) in [5.41, 5.74) is 3.37. The Morgan fingerprint density at radius 3 is 2.35 bits per heavy atom. The molecule has 112 valence electrons. The van der Waals surface area contributed by atoms with E-state index in [0.717, 1.165) is 32.3 Å². The molecule has 2 aromatic carbocycles. The van der Waals surface area contributed by atoms with E-state index in [9.17, 15) is 0 Å². The van der Waals surface area contributed by atoms with Gasteiger partial charge in [0.2, 0.25) is 5.71 Å². The summed E-state index contributed by atoms with van der Waals surface area (Å²) in [5.74, 6) is 0.737. The van der Waals surface area contributed by atoms with Gasteiger partial charge >= 0.3 is 0 Å². The van der Waals surface area contributed by atoms with E-state index in [4.69, 9.17) is 16.0 Å². The van der Waals surface area contributed by atoms with Crippen LogP contribution in [0.2, 0.25) is 5.15 Å². The van der Waals surface area contributed by atoms with Crippen LogP contribution in [0.5, 0.6) is 0 Å². The number of rotatable bonds is 2. The molecule has 0 amide bonds. The van der Waals surface area contributed by atoms with Gasteiger partial charge in [0, 0.05) is 15.6 Å². The summed E-state index contributed by atoms with van der Waals surface area (Å²) in [4.78, 5) is 8.32. The first-order valence-corrected chi connectivity index (χ1v) is 8.15. The lowest BCUT2D eigenvalue weighted by atomic mass is 10.00. The van der Waals surface area contributed by atoms with Gasteiger partial charge in [-0.25, -0.2) is 9.97 Å². The second kappa shape index (κ2) is 5.80. The molecule has 0 N–H and O–H groups in total. The summed E-state index contributed by atoms with van der Waals surface area (Å²) in [6, 6.07) is 17.9. The summed E-state index contributed by atoms with van der Waals surface area (Å²) >= 11 is 9.77. The molecular weight excluding hydrogens is 376 g/mol. The van der Waals surface area contributed by atoms with Gasteiger partial charge in [0.15, 0.2) is 0 Å². The van der Waals surface area contributed by atoms with E-state index in [0.29, 0.717) is 10.9 Å². The summed E-state index contributed by atoms with van der Waals surface area (Å²) < 4.78 is 7.02. The highest BCUT2D eigenvalue weighted by Gasteiger charge is 2.21. The van der Waals surface area contributed by atoms with Gasteiger partial charge in [0.25, 0.3) is 0 Å². The standard InChI is InChI=1S/C18H10BrClN2O/c19-13-8-6-12(7-9-13)16-14(11-4-2-1-3-5-11)15-17(20)21-10-22-18(15)23-16/h1-10H. The van der Waals surface area contributed by atoms with Crippen LogP contribution in [0.3, 0.4) is 0 Å². The van der Waals surface area contributed by atoms with Gasteiger partial charge in [-0.3, -0.25) is 0 Å². The fourth-order valence-corrected chi connectivity index (χ4v) is 3.07. The van der Waals surface area contributed by atoms with Gasteiger partial charge in [0.05, 0.1) is 5.39 Å². The predicted octanol–water partition coefficient (Wildman–Crippen LogP) is 5.97. The summed E-state index contributed by atoms with van der Waals surface area (Å²) in [6.07, 6.45) is 1.41. The number of benzene rings is 2. The first kappa shape index (κ1) is 14.4. The van der Waals surface area contributed by atoms with Crippen molar-refractivity contribution >= 4 is 38.6 Å². The molecule has 0 bridgehead atoms. The maximum atomic E-state index is 6.32. The largest absolute Gasteiger partial charge is 0.437 e. The number of fused-ring (bicyclic) bond motifs is 1. The molecule has 2 heterocycles. The molecule has 0 unspecified atom stereocenters. The average Bonchev–Trinajstić information content (AvgIpc) is 2.97. The van der Waals surface area contributed by atoms with Crippen molar-refractivity contribution in [3.05, 3.63) is 70.6 Å². The molecule has 5 heteroatoms. The van der Waals surface area contributed by atoms with Crippen LogP contribution < -0.4 is 0 Å². The highest BCUT2D eigenvalue weighted by Crippen LogP contribution is 2.42. The molecule has 0 saturated heterocycles. The van der Waals surface area contributed by atoms with Crippen LogP contribution in [0.25, 0.3) is 33.6 Å². The van der Waals surface area contributed by atoms with Gasteiger partial charge in [-0.15, -0.1) is 0 Å². The maximum Gasteiger partial charge on any atom is 0.231 e. The van der Waals surface area contributed by atoms with E-state index in [2.05, 4.69) is 25.9 Å². The molecule has 23 heavy (non-hydrogen) atoms. The molecule has 0 aliphatic rings. The fourth-order valence-electron chi connectivity index (χ4n) is 2.58. The Morgan fingerprint density at radius 1 is 0.870 bits per heavy atom. The van der Waals surface area contributed by atoms with Gasteiger partial charge < -0.3 is 4.42 Å². The lowest BCUT2D eigenvalue weighted by Crippen LogP contribution is -1.83. The maximum absolute atomic E-state index is 6.32. The predicted molar refractivity (Wildman–Crippen MR) is 95.4 cm³/mol. The smallest absolute Gasteiger partial charge is 0.231 e. The molecule has 0 aliphatic carbocycles. The average molecular weight is 386 g/mol. The molecule has 0 saturated carbocycles. The first-order chi connectivity index (χ1) is 11.2. The highest BCUT2D eigenvalue weighted by atomic mass is 79.9. The summed E-state index contributed by atoms with van der Waals surface area (Å²) in [7, 11) is 0. The van der Waals surface area contributed by atoms with Crippen LogP contribution in [-0.4, -0.2) is 9.97 Å². The Hall–Kier alpha value is -2.17. The van der Waals surface area contributed by atoms with Crippen LogP contribution in [0.4, 0.5) is 0 Å². The fraction of sp³-hybridized carbons (Fsp3) is 0. The van der Waals surface area contributed by atoms with Crippen molar-refractivity contribution < 1.29 is 4.42 Å². The number of hydrogen-bond donors (Lipinski definition) is 0. The van der Waals surface area contributed by atoms with E-state index >= 15 is 0 Å². The molecule has 2 aromatic heterocycles. The minimum Gasteiger partial charge on any atom is -0.437 e. The molecule has 3 nitrogen and oxygen atoms in total. The number of halogens is 2. The van der Waals surface area contributed by atoms with Crippen molar-refractivity contribution in [3.8, 4) is 22.5 Å². The third-order valence-electron chi connectivity index (χ3n) is 3.61. The quantitative estimate of drug-likeness (QED) is 0.399. The van der Waals surface area contributed by atoms with Gasteiger partial charge in [-0.2, -0.15) is 0 Å². The molecule has 0 radical (unpaired) electrons. The molecule has 4 rings (SSSR count). The lowest BCUT2D eigenvalue weighted by Gasteiger charge is -2.04. The zero-order valence-electron chi connectivity index (χ0n) is 11.8. The van der Waals surface area contributed by atoms with E-state index in [1.54, 1.807) is 0 Å². The van der Waals surface area contributed by atoms with Crippen molar-refractivity contribution in [2.75, 3.05) is 0 Å². The molecule has 0 aliphatic heterocycles. The van der Waals surface area contributed by atoms with Crippen molar-refractivity contribution in [1.29, 1.82) is 0 Å². The van der Waals surface area contributed by atoms with Crippen molar-refractivity contribution in [2.24, 2.45) is 0 Å². The van der Waals surface area contributed by atoms with Gasteiger partial charge in [-0.05, 0) is 17.7 Å². The van der Waals surface area contributed by atoms with Crippen molar-refractivity contribution in [3.63, 3.8) is 0 Å². The SMILES string of the molecule is Clc1ncnc2oc(-c3ccc(Br)cc3)c(-c3ccccc3)c12. The third kappa shape index (κ3) is 2.54. The molecular formula is C18H10BrClN2O. The zero-order valence-corrected chi connectivity index (χ0v) is 14.2.